The number of fused-ring (bicyclic) bond motifs is 1. The van der Waals surface area contributed by atoms with Crippen molar-refractivity contribution in [2.45, 2.75) is 44.7 Å². The van der Waals surface area contributed by atoms with Gasteiger partial charge in [0, 0.05) is 25.1 Å². The lowest BCUT2D eigenvalue weighted by atomic mass is 9.82. The molecule has 4 heterocycles. The van der Waals surface area contributed by atoms with Crippen molar-refractivity contribution in [3.8, 4) is 0 Å². The third-order valence-corrected chi connectivity index (χ3v) is 7.63. The number of hydrogen-bond donors (Lipinski definition) is 1. The molecule has 5 rings (SSSR count). The van der Waals surface area contributed by atoms with Crippen LogP contribution in [0, 0.1) is 17.0 Å². The van der Waals surface area contributed by atoms with Gasteiger partial charge in [0.15, 0.2) is 0 Å². The number of likely N-dealkylation sites (tertiary alicyclic amines) is 2. The van der Waals surface area contributed by atoms with Crippen molar-refractivity contribution in [3.63, 3.8) is 0 Å². The summed E-state index contributed by atoms with van der Waals surface area (Å²) in [5, 5.41) is 3.15. The highest BCUT2D eigenvalue weighted by molar-refractivity contribution is 5.93. The average Bonchev–Trinajstić information content (AvgIpc) is 3.41. The zero-order chi connectivity index (χ0) is 25.6. The molecule has 3 atom stereocenters. The van der Waals surface area contributed by atoms with Crippen LogP contribution in [0.15, 0.2) is 43.1 Å². The van der Waals surface area contributed by atoms with Crippen molar-refractivity contribution in [2.24, 2.45) is 5.41 Å². The van der Waals surface area contributed by atoms with Gasteiger partial charge in [-0.15, -0.1) is 0 Å². The first kappa shape index (κ1) is 24.3. The monoisotopic (exact) mass is 496 g/mol. The molecule has 0 unspecified atom stereocenters. The first-order valence-electron chi connectivity index (χ1n) is 12.2. The number of nitrogens with zero attached hydrogens (tertiary/aromatic N) is 5. The van der Waals surface area contributed by atoms with Crippen molar-refractivity contribution in [3.05, 3.63) is 66.0 Å². The van der Waals surface area contributed by atoms with Gasteiger partial charge in [0.25, 0.3) is 5.91 Å². The number of piperidine rings is 1. The second-order valence-corrected chi connectivity index (χ2v) is 10.6. The number of nitrogens with one attached hydrogen (secondary N) is 1. The number of rotatable bonds is 4. The molecule has 2 aliphatic rings. The minimum absolute atomic E-state index is 0.139. The normalized spacial score (nSPS) is 24.2. The van der Waals surface area contributed by atoms with Crippen LogP contribution in [-0.2, 0) is 4.79 Å². The third-order valence-electron chi connectivity index (χ3n) is 7.63. The molecule has 2 aliphatic heterocycles. The van der Waals surface area contributed by atoms with E-state index in [0.29, 0.717) is 29.7 Å². The SMILES string of the molecule is CN1CCC(C)(C)[C@@H]1C(=O)N[C@@H]1CN(C(=O)c2cncc3cncn23)CC[C@H]1c1cc(F)cc(F)c1. The molecular weight excluding hydrogens is 466 g/mol. The van der Waals surface area contributed by atoms with Gasteiger partial charge < -0.3 is 10.2 Å². The Morgan fingerprint density at radius 1 is 1.06 bits per heavy atom. The molecule has 2 fully saturated rings. The Bertz CT molecular complexity index is 1290. The van der Waals surface area contributed by atoms with Crippen LogP contribution in [0.3, 0.4) is 0 Å². The van der Waals surface area contributed by atoms with Gasteiger partial charge in [-0.3, -0.25) is 23.9 Å². The van der Waals surface area contributed by atoms with Crippen LogP contribution in [0.5, 0.6) is 0 Å². The minimum Gasteiger partial charge on any atom is -0.350 e. The van der Waals surface area contributed by atoms with Gasteiger partial charge >= 0.3 is 0 Å². The predicted molar refractivity (Wildman–Crippen MR) is 129 cm³/mol. The molecule has 36 heavy (non-hydrogen) atoms. The quantitative estimate of drug-likeness (QED) is 0.601. The van der Waals surface area contributed by atoms with Crippen LogP contribution in [0.4, 0.5) is 8.78 Å². The Morgan fingerprint density at radius 3 is 2.47 bits per heavy atom. The fraction of sp³-hybridized carbons (Fsp3) is 0.462. The molecule has 0 radical (unpaired) electrons. The minimum atomic E-state index is -0.664. The van der Waals surface area contributed by atoms with E-state index < -0.39 is 17.7 Å². The van der Waals surface area contributed by atoms with E-state index in [2.05, 4.69) is 29.1 Å². The van der Waals surface area contributed by atoms with E-state index in [1.807, 2.05) is 11.9 Å². The molecule has 10 heteroatoms. The summed E-state index contributed by atoms with van der Waals surface area (Å²) in [5.74, 6) is -2.06. The predicted octanol–water partition coefficient (Wildman–Crippen LogP) is 2.85. The maximum atomic E-state index is 14.1. The molecule has 0 bridgehead atoms. The molecule has 2 saturated heterocycles. The summed E-state index contributed by atoms with van der Waals surface area (Å²) < 4.78 is 29.9. The first-order valence-corrected chi connectivity index (χ1v) is 12.2. The number of benzene rings is 1. The van der Waals surface area contributed by atoms with Crippen LogP contribution in [0.1, 0.15) is 48.7 Å². The van der Waals surface area contributed by atoms with Crippen LogP contribution in [0.25, 0.3) is 5.52 Å². The summed E-state index contributed by atoms with van der Waals surface area (Å²) in [6.07, 6.45) is 7.63. The lowest BCUT2D eigenvalue weighted by Gasteiger charge is -2.40. The molecule has 0 saturated carbocycles. The van der Waals surface area contributed by atoms with Crippen LogP contribution in [0.2, 0.25) is 0 Å². The smallest absolute Gasteiger partial charge is 0.272 e. The van der Waals surface area contributed by atoms with E-state index in [1.165, 1.54) is 18.3 Å². The summed E-state index contributed by atoms with van der Waals surface area (Å²) >= 11 is 0. The maximum Gasteiger partial charge on any atom is 0.272 e. The second-order valence-electron chi connectivity index (χ2n) is 10.6. The molecule has 3 aromatic rings. The number of hydrogen-bond acceptors (Lipinski definition) is 5. The van der Waals surface area contributed by atoms with E-state index >= 15 is 0 Å². The van der Waals surface area contributed by atoms with E-state index in [-0.39, 0.29) is 35.7 Å². The largest absolute Gasteiger partial charge is 0.350 e. The average molecular weight is 497 g/mol. The standard InChI is InChI=1S/C26H30F2N6O2/c1-26(2)5-7-32(3)23(26)24(35)31-21-14-33(6-4-20(21)16-8-17(27)10-18(28)9-16)25(36)22-13-29-11-19-12-30-15-34(19)22/h8-13,15,20-21,23H,4-7,14H2,1-3H3,(H,31,35)/t20-,21+,23-/m0/s1. The molecule has 1 aromatic carbocycles. The highest BCUT2D eigenvalue weighted by atomic mass is 19.1. The molecule has 1 N–H and O–H groups in total. The Morgan fingerprint density at radius 2 is 1.78 bits per heavy atom. The molecule has 190 valence electrons. The third kappa shape index (κ3) is 4.45. The summed E-state index contributed by atoms with van der Waals surface area (Å²) in [5.41, 5.74) is 1.32. The molecule has 8 nitrogen and oxygen atoms in total. The van der Waals surface area contributed by atoms with Crippen LogP contribution < -0.4 is 5.32 Å². The van der Waals surface area contributed by atoms with Gasteiger partial charge in [-0.2, -0.15) is 0 Å². The molecule has 0 spiro atoms. The van der Waals surface area contributed by atoms with Crippen molar-refractivity contribution >= 4 is 17.3 Å². The highest BCUT2D eigenvalue weighted by Gasteiger charge is 2.45. The zero-order valence-corrected chi connectivity index (χ0v) is 20.6. The van der Waals surface area contributed by atoms with Crippen LogP contribution >= 0.6 is 0 Å². The van der Waals surface area contributed by atoms with Gasteiger partial charge in [0.2, 0.25) is 5.91 Å². The van der Waals surface area contributed by atoms with Gasteiger partial charge in [-0.1, -0.05) is 13.8 Å². The number of amides is 2. The Labute approximate surface area is 208 Å². The Balaban J connectivity index is 1.44. The van der Waals surface area contributed by atoms with Gasteiger partial charge in [-0.25, -0.2) is 13.8 Å². The topological polar surface area (TPSA) is 82.8 Å². The Kier molecular flexibility index (Phi) is 6.23. The summed E-state index contributed by atoms with van der Waals surface area (Å²) in [4.78, 5) is 39.0. The van der Waals surface area contributed by atoms with Crippen molar-refractivity contribution < 1.29 is 18.4 Å². The summed E-state index contributed by atoms with van der Waals surface area (Å²) in [6.45, 7) is 5.51. The molecule has 0 aliphatic carbocycles. The van der Waals surface area contributed by atoms with E-state index in [0.717, 1.165) is 19.0 Å². The van der Waals surface area contributed by atoms with Gasteiger partial charge in [-0.05, 0) is 49.5 Å². The first-order chi connectivity index (χ1) is 17.1. The van der Waals surface area contributed by atoms with Crippen molar-refractivity contribution in [1.82, 2.24) is 29.5 Å². The summed E-state index contributed by atoms with van der Waals surface area (Å²) in [6, 6.07) is 2.61. The maximum absolute atomic E-state index is 14.1. The number of imidazole rings is 1. The number of halogens is 2. The highest BCUT2D eigenvalue weighted by Crippen LogP contribution is 2.36. The number of carbonyl (C=O) groups excluding carboxylic acids is 2. The van der Waals surface area contributed by atoms with E-state index in [4.69, 9.17) is 0 Å². The molecular formula is C26H30F2N6O2. The number of aromatic nitrogens is 3. The van der Waals surface area contributed by atoms with Gasteiger partial charge in [0.1, 0.15) is 17.3 Å². The van der Waals surface area contributed by atoms with Crippen molar-refractivity contribution in [2.75, 3.05) is 26.7 Å². The number of likely N-dealkylation sites (N-methyl/N-ethyl adjacent to an activating group) is 1. The number of carbonyl (C=O) groups is 2. The molecule has 2 amide bonds. The summed E-state index contributed by atoms with van der Waals surface area (Å²) in [7, 11) is 1.92. The van der Waals surface area contributed by atoms with Crippen molar-refractivity contribution in [1.29, 1.82) is 0 Å². The lowest BCUT2D eigenvalue weighted by molar-refractivity contribution is -0.128. The van der Waals surface area contributed by atoms with E-state index in [9.17, 15) is 18.4 Å². The lowest BCUT2D eigenvalue weighted by Crippen LogP contribution is -2.57. The molecule has 2 aromatic heterocycles. The van der Waals surface area contributed by atoms with E-state index in [1.54, 1.807) is 28.0 Å². The fourth-order valence-corrected chi connectivity index (χ4v) is 5.78. The zero-order valence-electron chi connectivity index (χ0n) is 20.6. The van der Waals surface area contributed by atoms with Crippen LogP contribution in [-0.4, -0.2) is 74.7 Å². The Hall–Kier alpha value is -3.40. The fourth-order valence-electron chi connectivity index (χ4n) is 5.78. The second kappa shape index (κ2) is 9.24. The van der Waals surface area contributed by atoms with Gasteiger partial charge in [0.05, 0.1) is 42.5 Å².